The normalized spacial score (nSPS) is 28.6. The standard InChI is InChI=1S/C14H16N4O3/c19-13(12-1-3-16-21-12)17-5-2-14(9-17)7-11(8-20-14)18-6-4-15-10-18/h1,3-4,6,10-11H,2,5,7-9H2. The van der Waals surface area contributed by atoms with Crippen molar-refractivity contribution in [1.82, 2.24) is 19.6 Å². The van der Waals surface area contributed by atoms with Crippen LogP contribution in [0.3, 0.4) is 0 Å². The van der Waals surface area contributed by atoms with Gasteiger partial charge in [-0.15, -0.1) is 0 Å². The Morgan fingerprint density at radius 1 is 1.43 bits per heavy atom. The maximum absolute atomic E-state index is 12.3. The minimum absolute atomic E-state index is 0.112. The minimum Gasteiger partial charge on any atom is -0.371 e. The number of amides is 1. The molecule has 2 aromatic rings. The maximum Gasteiger partial charge on any atom is 0.292 e. The molecule has 0 aromatic carbocycles. The Balaban J connectivity index is 1.46. The number of hydrogen-bond acceptors (Lipinski definition) is 5. The van der Waals surface area contributed by atoms with E-state index in [1.54, 1.807) is 17.2 Å². The van der Waals surface area contributed by atoms with Crippen molar-refractivity contribution in [2.75, 3.05) is 19.7 Å². The molecule has 4 rings (SSSR count). The molecule has 7 heteroatoms. The van der Waals surface area contributed by atoms with Gasteiger partial charge in [-0.2, -0.15) is 0 Å². The van der Waals surface area contributed by atoms with Crippen LogP contribution in [0.5, 0.6) is 0 Å². The average Bonchev–Trinajstić information content (AvgIpc) is 3.29. The SMILES string of the molecule is O=C(c1ccno1)N1CCC2(CC(n3ccnc3)CO2)C1. The van der Waals surface area contributed by atoms with Crippen LogP contribution in [0.15, 0.2) is 35.5 Å². The third-order valence-corrected chi connectivity index (χ3v) is 4.39. The molecule has 0 N–H and O–H groups in total. The summed E-state index contributed by atoms with van der Waals surface area (Å²) in [6.45, 7) is 1.97. The van der Waals surface area contributed by atoms with Crippen LogP contribution >= 0.6 is 0 Å². The van der Waals surface area contributed by atoms with Crippen LogP contribution < -0.4 is 0 Å². The second-order valence-corrected chi connectivity index (χ2v) is 5.72. The zero-order valence-corrected chi connectivity index (χ0v) is 11.5. The molecule has 2 atom stereocenters. The van der Waals surface area contributed by atoms with E-state index in [0.717, 1.165) is 12.8 Å². The van der Waals surface area contributed by atoms with Crippen LogP contribution in [-0.4, -0.2) is 50.8 Å². The first-order chi connectivity index (χ1) is 10.3. The van der Waals surface area contributed by atoms with Gasteiger partial charge in [0.1, 0.15) is 0 Å². The van der Waals surface area contributed by atoms with Gasteiger partial charge in [0.25, 0.3) is 5.91 Å². The minimum atomic E-state index is -0.232. The number of nitrogens with zero attached hydrogens (tertiary/aromatic N) is 4. The van der Waals surface area contributed by atoms with Crippen molar-refractivity contribution in [2.24, 2.45) is 0 Å². The second-order valence-electron chi connectivity index (χ2n) is 5.72. The first-order valence-corrected chi connectivity index (χ1v) is 7.07. The summed E-state index contributed by atoms with van der Waals surface area (Å²) in [4.78, 5) is 18.2. The molecule has 7 nitrogen and oxygen atoms in total. The van der Waals surface area contributed by atoms with E-state index in [9.17, 15) is 4.79 Å². The molecule has 2 saturated heterocycles. The number of carbonyl (C=O) groups is 1. The summed E-state index contributed by atoms with van der Waals surface area (Å²) in [6, 6.07) is 1.89. The summed E-state index contributed by atoms with van der Waals surface area (Å²) < 4.78 is 13.1. The summed E-state index contributed by atoms with van der Waals surface area (Å²) >= 11 is 0. The third-order valence-electron chi connectivity index (χ3n) is 4.39. The Hall–Kier alpha value is -2.15. The van der Waals surface area contributed by atoms with Crippen molar-refractivity contribution in [3.63, 3.8) is 0 Å². The highest BCUT2D eigenvalue weighted by Gasteiger charge is 2.47. The molecular weight excluding hydrogens is 272 g/mol. The molecule has 2 aliphatic heterocycles. The fourth-order valence-corrected chi connectivity index (χ4v) is 3.28. The highest BCUT2D eigenvalue weighted by Crippen LogP contribution is 2.40. The van der Waals surface area contributed by atoms with Gasteiger partial charge in [0, 0.05) is 31.4 Å². The molecule has 0 aliphatic carbocycles. The van der Waals surface area contributed by atoms with Gasteiger partial charge in [-0.05, 0) is 6.42 Å². The van der Waals surface area contributed by atoms with Gasteiger partial charge in [-0.3, -0.25) is 4.79 Å². The van der Waals surface area contributed by atoms with Crippen LogP contribution in [0.1, 0.15) is 29.4 Å². The molecule has 0 bridgehead atoms. The molecule has 0 radical (unpaired) electrons. The monoisotopic (exact) mass is 288 g/mol. The van der Waals surface area contributed by atoms with Gasteiger partial charge in [0.15, 0.2) is 0 Å². The van der Waals surface area contributed by atoms with E-state index in [4.69, 9.17) is 9.26 Å². The van der Waals surface area contributed by atoms with Crippen molar-refractivity contribution in [3.05, 3.63) is 36.7 Å². The molecule has 0 saturated carbocycles. The van der Waals surface area contributed by atoms with Gasteiger partial charge in [0.2, 0.25) is 5.76 Å². The van der Waals surface area contributed by atoms with Gasteiger partial charge in [-0.25, -0.2) is 4.98 Å². The van der Waals surface area contributed by atoms with E-state index in [1.807, 2.05) is 12.5 Å². The molecular formula is C14H16N4O3. The number of rotatable bonds is 2. The van der Waals surface area contributed by atoms with E-state index < -0.39 is 0 Å². The van der Waals surface area contributed by atoms with Crippen molar-refractivity contribution < 1.29 is 14.1 Å². The van der Waals surface area contributed by atoms with Crippen molar-refractivity contribution in [3.8, 4) is 0 Å². The second kappa shape index (κ2) is 4.70. The summed E-state index contributed by atoms with van der Waals surface area (Å²) in [5, 5.41) is 3.59. The van der Waals surface area contributed by atoms with E-state index in [1.165, 1.54) is 6.20 Å². The van der Waals surface area contributed by atoms with Crippen molar-refractivity contribution in [1.29, 1.82) is 0 Å². The molecule has 4 heterocycles. The van der Waals surface area contributed by atoms with Crippen LogP contribution in [-0.2, 0) is 4.74 Å². The number of aromatic nitrogens is 3. The lowest BCUT2D eigenvalue weighted by atomic mass is 9.97. The fourth-order valence-electron chi connectivity index (χ4n) is 3.28. The Morgan fingerprint density at radius 2 is 2.38 bits per heavy atom. The molecule has 2 fully saturated rings. The van der Waals surface area contributed by atoms with Crippen LogP contribution in [0.25, 0.3) is 0 Å². The predicted octanol–water partition coefficient (Wildman–Crippen LogP) is 1.12. The largest absolute Gasteiger partial charge is 0.371 e. The summed E-state index contributed by atoms with van der Waals surface area (Å²) in [5.41, 5.74) is -0.232. The molecule has 110 valence electrons. The predicted molar refractivity (Wildman–Crippen MR) is 71.6 cm³/mol. The first-order valence-electron chi connectivity index (χ1n) is 7.07. The van der Waals surface area contributed by atoms with Crippen molar-refractivity contribution >= 4 is 5.91 Å². The Labute approximate surface area is 121 Å². The lowest BCUT2D eigenvalue weighted by Gasteiger charge is -2.23. The maximum atomic E-state index is 12.3. The Kier molecular flexibility index (Phi) is 2.81. The number of hydrogen-bond donors (Lipinski definition) is 0. The third kappa shape index (κ3) is 2.13. The first kappa shape index (κ1) is 12.6. The van der Waals surface area contributed by atoms with E-state index >= 15 is 0 Å². The molecule has 2 unspecified atom stereocenters. The highest BCUT2D eigenvalue weighted by atomic mass is 16.5. The number of likely N-dealkylation sites (tertiary alicyclic amines) is 1. The zero-order chi connectivity index (χ0) is 14.3. The topological polar surface area (TPSA) is 73.4 Å². The van der Waals surface area contributed by atoms with Gasteiger partial charge < -0.3 is 18.7 Å². The van der Waals surface area contributed by atoms with Gasteiger partial charge >= 0.3 is 0 Å². The zero-order valence-electron chi connectivity index (χ0n) is 11.5. The van der Waals surface area contributed by atoms with E-state index in [0.29, 0.717) is 25.7 Å². The van der Waals surface area contributed by atoms with Crippen LogP contribution in [0, 0.1) is 0 Å². The lowest BCUT2D eigenvalue weighted by Crippen LogP contribution is -2.35. The number of carbonyl (C=O) groups excluding carboxylic acids is 1. The number of imidazole rings is 1. The summed E-state index contributed by atoms with van der Waals surface area (Å²) in [5.74, 6) is 0.176. The van der Waals surface area contributed by atoms with Crippen LogP contribution in [0.4, 0.5) is 0 Å². The molecule has 2 aliphatic rings. The molecule has 2 aromatic heterocycles. The Morgan fingerprint density at radius 3 is 3.14 bits per heavy atom. The number of ether oxygens (including phenoxy) is 1. The molecule has 1 amide bonds. The quantitative estimate of drug-likeness (QED) is 0.828. The smallest absolute Gasteiger partial charge is 0.292 e. The van der Waals surface area contributed by atoms with Crippen LogP contribution in [0.2, 0.25) is 0 Å². The van der Waals surface area contributed by atoms with Crippen molar-refractivity contribution in [2.45, 2.75) is 24.5 Å². The molecule has 1 spiro atoms. The van der Waals surface area contributed by atoms with E-state index in [2.05, 4.69) is 14.7 Å². The van der Waals surface area contributed by atoms with Gasteiger partial charge in [-0.1, -0.05) is 5.16 Å². The van der Waals surface area contributed by atoms with E-state index in [-0.39, 0.29) is 17.3 Å². The van der Waals surface area contributed by atoms with Gasteiger partial charge in [0.05, 0.1) is 37.3 Å². The Bertz CT molecular complexity index is 625. The lowest BCUT2D eigenvalue weighted by molar-refractivity contribution is 0.0114. The average molecular weight is 288 g/mol. The summed E-state index contributed by atoms with van der Waals surface area (Å²) in [7, 11) is 0. The molecule has 21 heavy (non-hydrogen) atoms. The fraction of sp³-hybridized carbons (Fsp3) is 0.500. The summed E-state index contributed by atoms with van der Waals surface area (Å²) in [6.07, 6.45) is 8.81. The highest BCUT2D eigenvalue weighted by molar-refractivity contribution is 5.91.